The lowest BCUT2D eigenvalue weighted by Gasteiger charge is -2.28. The van der Waals surface area contributed by atoms with E-state index in [0.29, 0.717) is 6.10 Å². The Kier molecular flexibility index (Phi) is 4.33. The van der Waals surface area contributed by atoms with Crippen molar-refractivity contribution in [3.63, 3.8) is 0 Å². The van der Waals surface area contributed by atoms with Crippen molar-refractivity contribution >= 4 is 0 Å². The number of ether oxygens (including phenoxy) is 1. The van der Waals surface area contributed by atoms with Crippen molar-refractivity contribution in [3.05, 3.63) is 12.2 Å². The molecule has 0 amide bonds. The fourth-order valence-corrected chi connectivity index (χ4v) is 1.44. The predicted molar refractivity (Wildman–Crippen MR) is 51.3 cm³/mol. The Balaban J connectivity index is 2.09. The summed E-state index contributed by atoms with van der Waals surface area (Å²) in [6.07, 6.45) is 6.98. The summed E-state index contributed by atoms with van der Waals surface area (Å²) in [6, 6.07) is 0. The van der Waals surface area contributed by atoms with Crippen LogP contribution in [0.2, 0.25) is 0 Å². The summed E-state index contributed by atoms with van der Waals surface area (Å²) in [5, 5.41) is 0. The second-order valence-electron chi connectivity index (χ2n) is 3.41. The Labute approximate surface area is 75.2 Å². The first-order chi connectivity index (χ1) is 5.83. The molecule has 1 heterocycles. The van der Waals surface area contributed by atoms with E-state index in [1.165, 1.54) is 25.9 Å². The third kappa shape index (κ3) is 3.37. The molecule has 0 saturated carbocycles. The minimum Gasteiger partial charge on any atom is -0.374 e. The van der Waals surface area contributed by atoms with E-state index in [2.05, 4.69) is 18.0 Å². The standard InChI is InChI=1S/C10H19NO/c1-3-4-9-12-10-5-7-11(2)8-6-10/h3-4,10H,5-9H2,1-2H3/b4-3+. The molecule has 1 saturated heterocycles. The molecule has 0 N–H and O–H groups in total. The molecule has 0 bridgehead atoms. The van der Waals surface area contributed by atoms with Gasteiger partial charge < -0.3 is 9.64 Å². The zero-order chi connectivity index (χ0) is 8.81. The van der Waals surface area contributed by atoms with Crippen molar-refractivity contribution in [1.29, 1.82) is 0 Å². The summed E-state index contributed by atoms with van der Waals surface area (Å²) in [4.78, 5) is 2.36. The largest absolute Gasteiger partial charge is 0.374 e. The van der Waals surface area contributed by atoms with E-state index in [1.54, 1.807) is 0 Å². The lowest BCUT2D eigenvalue weighted by Crippen LogP contribution is -2.34. The van der Waals surface area contributed by atoms with Gasteiger partial charge in [0.05, 0.1) is 12.7 Å². The number of hydrogen-bond donors (Lipinski definition) is 0. The molecule has 0 spiro atoms. The van der Waals surface area contributed by atoms with E-state index in [4.69, 9.17) is 4.74 Å². The highest BCUT2D eigenvalue weighted by Crippen LogP contribution is 2.11. The minimum absolute atomic E-state index is 0.498. The zero-order valence-corrected chi connectivity index (χ0v) is 8.12. The van der Waals surface area contributed by atoms with Crippen LogP contribution in [-0.2, 0) is 4.74 Å². The van der Waals surface area contributed by atoms with Gasteiger partial charge >= 0.3 is 0 Å². The van der Waals surface area contributed by atoms with Crippen LogP contribution < -0.4 is 0 Å². The van der Waals surface area contributed by atoms with Gasteiger partial charge in [0.2, 0.25) is 0 Å². The molecular weight excluding hydrogens is 150 g/mol. The molecule has 0 unspecified atom stereocenters. The van der Waals surface area contributed by atoms with Crippen LogP contribution in [0.1, 0.15) is 19.8 Å². The maximum Gasteiger partial charge on any atom is 0.0651 e. The first-order valence-electron chi connectivity index (χ1n) is 4.74. The topological polar surface area (TPSA) is 12.5 Å². The number of likely N-dealkylation sites (tertiary alicyclic amines) is 1. The van der Waals surface area contributed by atoms with Gasteiger partial charge in [-0.05, 0) is 26.8 Å². The monoisotopic (exact) mass is 169 g/mol. The first-order valence-corrected chi connectivity index (χ1v) is 4.74. The molecule has 1 aliphatic rings. The fraction of sp³-hybridized carbons (Fsp3) is 0.800. The highest BCUT2D eigenvalue weighted by molar-refractivity contribution is 4.78. The molecular formula is C10H19NO. The van der Waals surface area contributed by atoms with Crippen LogP contribution in [0.4, 0.5) is 0 Å². The predicted octanol–water partition coefficient (Wildman–Crippen LogP) is 1.67. The van der Waals surface area contributed by atoms with Gasteiger partial charge in [-0.3, -0.25) is 0 Å². The van der Waals surface area contributed by atoms with Gasteiger partial charge in [-0.2, -0.15) is 0 Å². The van der Waals surface area contributed by atoms with E-state index in [1.807, 2.05) is 13.0 Å². The number of allylic oxidation sites excluding steroid dienone is 1. The van der Waals surface area contributed by atoms with E-state index < -0.39 is 0 Å². The van der Waals surface area contributed by atoms with Gasteiger partial charge in [0.25, 0.3) is 0 Å². The summed E-state index contributed by atoms with van der Waals surface area (Å²) in [7, 11) is 2.17. The summed E-state index contributed by atoms with van der Waals surface area (Å²) >= 11 is 0. The Morgan fingerprint density at radius 3 is 2.67 bits per heavy atom. The lowest BCUT2D eigenvalue weighted by molar-refractivity contribution is 0.0279. The van der Waals surface area contributed by atoms with Gasteiger partial charge in [-0.1, -0.05) is 12.2 Å². The van der Waals surface area contributed by atoms with Crippen LogP contribution in [-0.4, -0.2) is 37.7 Å². The Morgan fingerprint density at radius 2 is 2.08 bits per heavy atom. The van der Waals surface area contributed by atoms with Crippen molar-refractivity contribution in [2.45, 2.75) is 25.9 Å². The van der Waals surface area contributed by atoms with Crippen LogP contribution in [0.5, 0.6) is 0 Å². The Morgan fingerprint density at radius 1 is 1.42 bits per heavy atom. The zero-order valence-electron chi connectivity index (χ0n) is 8.12. The van der Waals surface area contributed by atoms with Gasteiger partial charge in [0, 0.05) is 13.1 Å². The molecule has 0 aromatic carbocycles. The molecule has 1 rings (SSSR count). The third-order valence-electron chi connectivity index (χ3n) is 2.33. The Hall–Kier alpha value is -0.340. The second kappa shape index (κ2) is 5.33. The normalized spacial score (nSPS) is 22.2. The summed E-state index contributed by atoms with van der Waals surface area (Å²) < 4.78 is 5.66. The second-order valence-corrected chi connectivity index (χ2v) is 3.41. The van der Waals surface area contributed by atoms with Crippen LogP contribution in [0.3, 0.4) is 0 Å². The van der Waals surface area contributed by atoms with Crippen molar-refractivity contribution in [3.8, 4) is 0 Å². The Bertz CT molecular complexity index is 137. The quantitative estimate of drug-likeness (QED) is 0.596. The van der Waals surface area contributed by atoms with E-state index in [-0.39, 0.29) is 0 Å². The number of nitrogens with zero attached hydrogens (tertiary/aromatic N) is 1. The SMILES string of the molecule is C/C=C/COC1CCN(C)CC1. The molecule has 0 aromatic rings. The van der Waals surface area contributed by atoms with Gasteiger partial charge in [0.15, 0.2) is 0 Å². The number of rotatable bonds is 3. The maximum atomic E-state index is 5.66. The fourth-order valence-electron chi connectivity index (χ4n) is 1.44. The highest BCUT2D eigenvalue weighted by atomic mass is 16.5. The highest BCUT2D eigenvalue weighted by Gasteiger charge is 2.15. The van der Waals surface area contributed by atoms with Gasteiger partial charge in [-0.15, -0.1) is 0 Å². The van der Waals surface area contributed by atoms with E-state index >= 15 is 0 Å². The molecule has 0 atom stereocenters. The molecule has 0 aromatic heterocycles. The third-order valence-corrected chi connectivity index (χ3v) is 2.33. The van der Waals surface area contributed by atoms with Crippen LogP contribution in [0, 0.1) is 0 Å². The average Bonchev–Trinajstić information content (AvgIpc) is 2.09. The van der Waals surface area contributed by atoms with Crippen molar-refractivity contribution in [1.82, 2.24) is 4.90 Å². The van der Waals surface area contributed by atoms with Crippen LogP contribution in [0.25, 0.3) is 0 Å². The van der Waals surface area contributed by atoms with E-state index in [0.717, 1.165) is 6.61 Å². The summed E-state index contributed by atoms with van der Waals surface area (Å²) in [6.45, 7) is 5.17. The molecule has 1 aliphatic heterocycles. The molecule has 70 valence electrons. The van der Waals surface area contributed by atoms with Gasteiger partial charge in [-0.25, -0.2) is 0 Å². The van der Waals surface area contributed by atoms with Gasteiger partial charge in [0.1, 0.15) is 0 Å². The summed E-state index contributed by atoms with van der Waals surface area (Å²) in [5.41, 5.74) is 0. The molecule has 1 fully saturated rings. The van der Waals surface area contributed by atoms with Crippen molar-refractivity contribution in [2.75, 3.05) is 26.7 Å². The number of hydrogen-bond acceptors (Lipinski definition) is 2. The average molecular weight is 169 g/mol. The lowest BCUT2D eigenvalue weighted by atomic mass is 10.1. The molecule has 2 heteroatoms. The van der Waals surface area contributed by atoms with Crippen LogP contribution in [0.15, 0.2) is 12.2 Å². The van der Waals surface area contributed by atoms with Crippen molar-refractivity contribution in [2.24, 2.45) is 0 Å². The molecule has 0 radical (unpaired) electrons. The number of piperidine rings is 1. The summed E-state index contributed by atoms with van der Waals surface area (Å²) in [5.74, 6) is 0. The molecule has 2 nitrogen and oxygen atoms in total. The first kappa shape index (κ1) is 9.75. The minimum atomic E-state index is 0.498. The van der Waals surface area contributed by atoms with E-state index in [9.17, 15) is 0 Å². The van der Waals surface area contributed by atoms with Crippen molar-refractivity contribution < 1.29 is 4.74 Å². The molecule has 12 heavy (non-hydrogen) atoms. The maximum absolute atomic E-state index is 5.66. The molecule has 0 aliphatic carbocycles. The van der Waals surface area contributed by atoms with Crippen LogP contribution >= 0.6 is 0 Å². The smallest absolute Gasteiger partial charge is 0.0651 e.